The molecule has 0 atom stereocenters. The maximum absolute atomic E-state index is 11.7. The SMILES string of the molecule is COCn1cc(NC(=O)Cn2cc(C)cn2)cn1. The standard InChI is InChI=1S/C11H15N5O2/c1-9-3-12-15(5-9)7-11(17)14-10-4-13-16(6-10)8-18-2/h3-6H,7-8H2,1-2H3,(H,14,17). The van der Waals surface area contributed by atoms with Crippen molar-refractivity contribution in [2.24, 2.45) is 0 Å². The number of carbonyl (C=O) groups is 1. The third-order valence-corrected chi connectivity index (χ3v) is 2.25. The summed E-state index contributed by atoms with van der Waals surface area (Å²) in [6.07, 6.45) is 6.80. The van der Waals surface area contributed by atoms with Crippen molar-refractivity contribution in [1.29, 1.82) is 0 Å². The smallest absolute Gasteiger partial charge is 0.246 e. The Kier molecular flexibility index (Phi) is 3.73. The molecule has 7 heteroatoms. The van der Waals surface area contributed by atoms with Crippen LogP contribution < -0.4 is 5.32 Å². The summed E-state index contributed by atoms with van der Waals surface area (Å²) >= 11 is 0. The molecule has 0 radical (unpaired) electrons. The molecule has 1 amide bonds. The average molecular weight is 249 g/mol. The van der Waals surface area contributed by atoms with Crippen molar-refractivity contribution in [3.63, 3.8) is 0 Å². The molecule has 0 unspecified atom stereocenters. The van der Waals surface area contributed by atoms with Crippen LogP contribution in [0.1, 0.15) is 5.56 Å². The van der Waals surface area contributed by atoms with Gasteiger partial charge in [-0.3, -0.25) is 9.48 Å². The maximum atomic E-state index is 11.7. The second-order valence-corrected chi connectivity index (χ2v) is 3.95. The van der Waals surface area contributed by atoms with Gasteiger partial charge in [-0.25, -0.2) is 4.68 Å². The molecule has 0 aliphatic rings. The van der Waals surface area contributed by atoms with Crippen LogP contribution in [0.2, 0.25) is 0 Å². The number of carbonyl (C=O) groups excluding carboxylic acids is 1. The summed E-state index contributed by atoms with van der Waals surface area (Å²) in [5.74, 6) is -0.143. The van der Waals surface area contributed by atoms with Crippen molar-refractivity contribution in [2.45, 2.75) is 20.2 Å². The van der Waals surface area contributed by atoms with Crippen LogP contribution in [0.4, 0.5) is 5.69 Å². The zero-order valence-electron chi connectivity index (χ0n) is 10.3. The van der Waals surface area contributed by atoms with Crippen molar-refractivity contribution in [2.75, 3.05) is 12.4 Å². The fourth-order valence-corrected chi connectivity index (χ4v) is 1.53. The van der Waals surface area contributed by atoms with Crippen LogP contribution in [0.5, 0.6) is 0 Å². The highest BCUT2D eigenvalue weighted by atomic mass is 16.5. The Hall–Kier alpha value is -2.15. The molecule has 0 aromatic carbocycles. The fourth-order valence-electron chi connectivity index (χ4n) is 1.53. The van der Waals surface area contributed by atoms with Gasteiger partial charge in [-0.1, -0.05) is 0 Å². The van der Waals surface area contributed by atoms with Crippen LogP contribution in [0, 0.1) is 6.92 Å². The molecule has 2 aromatic heterocycles. The van der Waals surface area contributed by atoms with Crippen LogP contribution in [-0.4, -0.2) is 32.6 Å². The van der Waals surface area contributed by atoms with E-state index >= 15 is 0 Å². The molecule has 0 spiro atoms. The summed E-state index contributed by atoms with van der Waals surface area (Å²) < 4.78 is 8.10. The molecule has 2 aromatic rings. The first-order chi connectivity index (χ1) is 8.67. The number of hydrogen-bond donors (Lipinski definition) is 1. The summed E-state index contributed by atoms with van der Waals surface area (Å²) in [4.78, 5) is 11.7. The van der Waals surface area contributed by atoms with Gasteiger partial charge in [0.15, 0.2) is 0 Å². The number of aromatic nitrogens is 4. The van der Waals surface area contributed by atoms with Gasteiger partial charge in [-0.05, 0) is 12.5 Å². The van der Waals surface area contributed by atoms with Crippen LogP contribution >= 0.6 is 0 Å². The number of methoxy groups -OCH3 is 1. The normalized spacial score (nSPS) is 10.6. The summed E-state index contributed by atoms with van der Waals surface area (Å²) in [6, 6.07) is 0. The highest BCUT2D eigenvalue weighted by Crippen LogP contribution is 2.05. The van der Waals surface area contributed by atoms with Crippen molar-refractivity contribution in [3.8, 4) is 0 Å². The lowest BCUT2D eigenvalue weighted by atomic mass is 10.4. The van der Waals surface area contributed by atoms with E-state index in [-0.39, 0.29) is 12.5 Å². The van der Waals surface area contributed by atoms with E-state index in [2.05, 4.69) is 15.5 Å². The maximum Gasteiger partial charge on any atom is 0.246 e. The lowest BCUT2D eigenvalue weighted by Gasteiger charge is -2.02. The first-order valence-electron chi connectivity index (χ1n) is 5.47. The zero-order valence-corrected chi connectivity index (χ0v) is 10.3. The van der Waals surface area contributed by atoms with E-state index in [0.717, 1.165) is 5.56 Å². The number of anilines is 1. The molecule has 0 fully saturated rings. The minimum absolute atomic E-state index is 0.143. The molecular formula is C11H15N5O2. The van der Waals surface area contributed by atoms with Gasteiger partial charge in [0.1, 0.15) is 13.3 Å². The molecular weight excluding hydrogens is 234 g/mol. The molecule has 0 aliphatic heterocycles. The Labute approximate surface area is 104 Å². The largest absolute Gasteiger partial charge is 0.362 e. The van der Waals surface area contributed by atoms with E-state index in [1.807, 2.05) is 13.1 Å². The van der Waals surface area contributed by atoms with E-state index in [9.17, 15) is 4.79 Å². The number of rotatable bonds is 5. The number of hydrogen-bond acceptors (Lipinski definition) is 4. The Balaban J connectivity index is 1.90. The van der Waals surface area contributed by atoms with Crippen molar-refractivity contribution in [1.82, 2.24) is 19.6 Å². The van der Waals surface area contributed by atoms with E-state index in [1.165, 1.54) is 0 Å². The van der Waals surface area contributed by atoms with E-state index in [1.54, 1.807) is 35.1 Å². The number of nitrogens with one attached hydrogen (secondary N) is 1. The molecule has 2 rings (SSSR count). The number of aryl methyl sites for hydroxylation is 1. The van der Waals surface area contributed by atoms with Gasteiger partial charge in [0, 0.05) is 13.3 Å². The summed E-state index contributed by atoms with van der Waals surface area (Å²) in [5.41, 5.74) is 1.66. The minimum Gasteiger partial charge on any atom is -0.362 e. The first-order valence-corrected chi connectivity index (χ1v) is 5.47. The first kappa shape index (κ1) is 12.3. The molecule has 2 heterocycles. The summed E-state index contributed by atoms with van der Waals surface area (Å²) in [5, 5.41) is 10.8. The predicted octanol–water partition coefficient (Wildman–Crippen LogP) is 0.631. The Morgan fingerprint density at radius 1 is 1.33 bits per heavy atom. The molecule has 0 saturated heterocycles. The monoisotopic (exact) mass is 249 g/mol. The molecule has 0 aliphatic carbocycles. The summed E-state index contributed by atoms with van der Waals surface area (Å²) in [6.45, 7) is 2.47. The van der Waals surface area contributed by atoms with Crippen molar-refractivity contribution < 1.29 is 9.53 Å². The molecule has 7 nitrogen and oxygen atoms in total. The Morgan fingerprint density at radius 2 is 2.11 bits per heavy atom. The van der Waals surface area contributed by atoms with Crippen LogP contribution in [0.15, 0.2) is 24.8 Å². The Bertz CT molecular complexity index is 531. The van der Waals surface area contributed by atoms with E-state index in [0.29, 0.717) is 12.4 Å². The van der Waals surface area contributed by atoms with Gasteiger partial charge in [-0.15, -0.1) is 0 Å². The van der Waals surface area contributed by atoms with Gasteiger partial charge in [0.05, 0.1) is 24.3 Å². The van der Waals surface area contributed by atoms with Gasteiger partial charge in [-0.2, -0.15) is 10.2 Å². The minimum atomic E-state index is -0.143. The van der Waals surface area contributed by atoms with Gasteiger partial charge in [0.2, 0.25) is 5.91 Å². The number of amides is 1. The number of nitrogens with zero attached hydrogens (tertiary/aromatic N) is 4. The van der Waals surface area contributed by atoms with Crippen molar-refractivity contribution >= 4 is 11.6 Å². The summed E-state index contributed by atoms with van der Waals surface area (Å²) in [7, 11) is 1.58. The zero-order chi connectivity index (χ0) is 13.0. The molecule has 0 saturated carbocycles. The van der Waals surface area contributed by atoms with Gasteiger partial charge < -0.3 is 10.1 Å². The van der Waals surface area contributed by atoms with Crippen LogP contribution in [-0.2, 0) is 22.8 Å². The average Bonchev–Trinajstić information content (AvgIpc) is 2.89. The topological polar surface area (TPSA) is 74.0 Å². The predicted molar refractivity (Wildman–Crippen MR) is 64.8 cm³/mol. The van der Waals surface area contributed by atoms with Gasteiger partial charge >= 0.3 is 0 Å². The lowest BCUT2D eigenvalue weighted by Crippen LogP contribution is -2.18. The third kappa shape index (κ3) is 3.17. The Morgan fingerprint density at radius 3 is 2.78 bits per heavy atom. The second kappa shape index (κ2) is 5.46. The lowest BCUT2D eigenvalue weighted by molar-refractivity contribution is -0.116. The quantitative estimate of drug-likeness (QED) is 0.843. The van der Waals surface area contributed by atoms with E-state index < -0.39 is 0 Å². The second-order valence-electron chi connectivity index (χ2n) is 3.95. The molecule has 1 N–H and O–H groups in total. The van der Waals surface area contributed by atoms with Crippen LogP contribution in [0.3, 0.4) is 0 Å². The van der Waals surface area contributed by atoms with Gasteiger partial charge in [0.25, 0.3) is 0 Å². The molecule has 0 bridgehead atoms. The van der Waals surface area contributed by atoms with E-state index in [4.69, 9.17) is 4.74 Å². The van der Waals surface area contributed by atoms with Crippen molar-refractivity contribution in [3.05, 3.63) is 30.4 Å². The van der Waals surface area contributed by atoms with Crippen LogP contribution in [0.25, 0.3) is 0 Å². The molecule has 18 heavy (non-hydrogen) atoms. The highest BCUT2D eigenvalue weighted by Gasteiger charge is 2.06. The highest BCUT2D eigenvalue weighted by molar-refractivity contribution is 5.90. The fraction of sp³-hybridized carbons (Fsp3) is 0.364. The third-order valence-electron chi connectivity index (χ3n) is 2.25. The number of ether oxygens (including phenoxy) is 1. The molecule has 96 valence electrons.